The molecule has 81 heavy (non-hydrogen) atoms. The van der Waals surface area contributed by atoms with Gasteiger partial charge in [-0.1, -0.05) is 373 Å². The summed E-state index contributed by atoms with van der Waals surface area (Å²) in [5.74, 6) is -0.830. The Kier molecular flexibility index (Phi) is 68.5. The maximum atomic E-state index is 13.0. The van der Waals surface area contributed by atoms with Crippen molar-refractivity contribution in [3.05, 3.63) is 24.3 Å². The van der Waals surface area contributed by atoms with Crippen LogP contribution in [-0.2, 0) is 28.6 Å². The van der Waals surface area contributed by atoms with Crippen LogP contribution >= 0.6 is 0 Å². The van der Waals surface area contributed by atoms with Gasteiger partial charge in [0.1, 0.15) is 13.2 Å². The molecule has 0 heterocycles. The van der Waals surface area contributed by atoms with E-state index in [1.807, 2.05) is 0 Å². The van der Waals surface area contributed by atoms with E-state index in [2.05, 4.69) is 45.1 Å². The summed E-state index contributed by atoms with van der Waals surface area (Å²) in [7, 11) is 0. The molecule has 0 aliphatic heterocycles. The first-order valence-electron chi connectivity index (χ1n) is 36.8. The maximum absolute atomic E-state index is 13.0. The Balaban J connectivity index is 4.14. The van der Waals surface area contributed by atoms with Gasteiger partial charge in [-0.05, 0) is 51.4 Å². The number of hydrogen-bond acceptors (Lipinski definition) is 6. The molecule has 0 aliphatic rings. The summed E-state index contributed by atoms with van der Waals surface area (Å²) < 4.78 is 17.0. The molecule has 0 fully saturated rings. The Hall–Kier alpha value is -2.11. The number of carbonyl (C=O) groups is 3. The Bertz CT molecular complexity index is 1310. The van der Waals surface area contributed by atoms with Gasteiger partial charge in [0.15, 0.2) is 6.10 Å². The van der Waals surface area contributed by atoms with Gasteiger partial charge in [0.25, 0.3) is 0 Å². The Morgan fingerprint density at radius 2 is 0.444 bits per heavy atom. The summed E-state index contributed by atoms with van der Waals surface area (Å²) in [5, 5.41) is 0. The molecule has 6 nitrogen and oxygen atoms in total. The molecule has 0 saturated carbocycles. The predicted octanol–water partition coefficient (Wildman–Crippen LogP) is 25.3. The molecule has 1 unspecified atom stereocenters. The normalized spacial score (nSPS) is 12.1. The zero-order valence-electron chi connectivity index (χ0n) is 55.1. The second kappa shape index (κ2) is 70.4. The lowest BCUT2D eigenvalue weighted by Gasteiger charge is -2.18. The third kappa shape index (κ3) is 68.6. The van der Waals surface area contributed by atoms with E-state index < -0.39 is 6.10 Å². The van der Waals surface area contributed by atoms with Gasteiger partial charge in [0.2, 0.25) is 0 Å². The molecule has 0 spiro atoms. The topological polar surface area (TPSA) is 78.9 Å². The first kappa shape index (κ1) is 78.9. The average Bonchev–Trinajstić information content (AvgIpc) is 3.47. The van der Waals surface area contributed by atoms with Gasteiger partial charge in [0.05, 0.1) is 0 Å². The van der Waals surface area contributed by atoms with Crippen molar-refractivity contribution < 1.29 is 28.6 Å². The second-order valence-corrected chi connectivity index (χ2v) is 25.2. The molecule has 6 heteroatoms. The molecule has 0 saturated heterocycles. The van der Waals surface area contributed by atoms with E-state index in [9.17, 15) is 14.4 Å². The molecule has 0 amide bonds. The highest BCUT2D eigenvalue weighted by Crippen LogP contribution is 2.19. The van der Waals surface area contributed by atoms with Crippen LogP contribution in [0.25, 0.3) is 0 Å². The van der Waals surface area contributed by atoms with Gasteiger partial charge in [0, 0.05) is 19.3 Å². The first-order valence-corrected chi connectivity index (χ1v) is 36.8. The zero-order valence-corrected chi connectivity index (χ0v) is 55.1. The third-order valence-electron chi connectivity index (χ3n) is 17.0. The van der Waals surface area contributed by atoms with Crippen LogP contribution in [0.15, 0.2) is 24.3 Å². The van der Waals surface area contributed by atoms with Crippen LogP contribution in [0.4, 0.5) is 0 Å². The van der Waals surface area contributed by atoms with E-state index in [1.54, 1.807) is 0 Å². The molecule has 0 N–H and O–H groups in total. The fraction of sp³-hybridized carbons (Fsp3) is 0.907. The lowest BCUT2D eigenvalue weighted by Crippen LogP contribution is -2.30. The minimum atomic E-state index is -0.767. The molecule has 0 rings (SSSR count). The molecule has 0 aromatic heterocycles. The third-order valence-corrected chi connectivity index (χ3v) is 17.0. The highest BCUT2D eigenvalue weighted by atomic mass is 16.6. The molecule has 0 aromatic carbocycles. The van der Waals surface area contributed by atoms with E-state index in [0.717, 1.165) is 64.2 Å². The van der Waals surface area contributed by atoms with Gasteiger partial charge < -0.3 is 14.2 Å². The summed E-state index contributed by atoms with van der Waals surface area (Å²) in [4.78, 5) is 38.4. The number of hydrogen-bond donors (Lipinski definition) is 0. The minimum absolute atomic E-state index is 0.0638. The van der Waals surface area contributed by atoms with E-state index in [4.69, 9.17) is 14.2 Å². The van der Waals surface area contributed by atoms with Crippen LogP contribution in [0.3, 0.4) is 0 Å². The molecule has 0 aliphatic carbocycles. The van der Waals surface area contributed by atoms with Crippen molar-refractivity contribution in [1.29, 1.82) is 0 Å². The first-order chi connectivity index (χ1) is 40.0. The van der Waals surface area contributed by atoms with Gasteiger partial charge in [-0.15, -0.1) is 0 Å². The fourth-order valence-corrected chi connectivity index (χ4v) is 11.4. The number of esters is 3. The van der Waals surface area contributed by atoms with Gasteiger partial charge in [-0.3, -0.25) is 14.4 Å². The lowest BCUT2D eigenvalue weighted by molar-refractivity contribution is -0.167. The molecule has 0 aromatic rings. The largest absolute Gasteiger partial charge is 0.462 e. The van der Waals surface area contributed by atoms with Crippen molar-refractivity contribution >= 4 is 17.9 Å². The van der Waals surface area contributed by atoms with Crippen LogP contribution < -0.4 is 0 Å². The number of rotatable bonds is 69. The summed E-state index contributed by atoms with van der Waals surface area (Å²) in [6.45, 7) is 6.71. The number of unbranched alkanes of at least 4 members (excludes halogenated alkanes) is 54. The van der Waals surface area contributed by atoms with Crippen molar-refractivity contribution in [2.45, 2.75) is 425 Å². The minimum Gasteiger partial charge on any atom is -0.462 e. The van der Waals surface area contributed by atoms with Crippen molar-refractivity contribution in [2.75, 3.05) is 13.2 Å². The summed E-state index contributed by atoms with van der Waals surface area (Å²) in [6.07, 6.45) is 86.6. The van der Waals surface area contributed by atoms with Crippen LogP contribution in [0, 0.1) is 0 Å². The van der Waals surface area contributed by atoms with Crippen LogP contribution in [0.2, 0.25) is 0 Å². The van der Waals surface area contributed by atoms with E-state index in [1.165, 1.54) is 315 Å². The van der Waals surface area contributed by atoms with E-state index >= 15 is 0 Å². The molecular weight excluding hydrogens is 997 g/mol. The van der Waals surface area contributed by atoms with Gasteiger partial charge in [-0.2, -0.15) is 0 Å². The maximum Gasteiger partial charge on any atom is 0.306 e. The highest BCUT2D eigenvalue weighted by Gasteiger charge is 2.20. The van der Waals surface area contributed by atoms with Crippen LogP contribution in [-0.4, -0.2) is 37.2 Å². The van der Waals surface area contributed by atoms with Crippen molar-refractivity contribution in [2.24, 2.45) is 0 Å². The predicted molar refractivity (Wildman–Crippen MR) is 353 cm³/mol. The Morgan fingerprint density at radius 3 is 0.679 bits per heavy atom. The van der Waals surface area contributed by atoms with Gasteiger partial charge in [-0.25, -0.2) is 0 Å². The average molecular weight is 1140 g/mol. The lowest BCUT2D eigenvalue weighted by atomic mass is 10.0. The molecule has 0 bridgehead atoms. The zero-order chi connectivity index (χ0) is 58.5. The van der Waals surface area contributed by atoms with E-state index in [0.29, 0.717) is 19.3 Å². The summed E-state index contributed by atoms with van der Waals surface area (Å²) in [6, 6.07) is 0. The summed E-state index contributed by atoms with van der Waals surface area (Å²) >= 11 is 0. The molecule has 478 valence electrons. The van der Waals surface area contributed by atoms with Crippen LogP contribution in [0.5, 0.6) is 0 Å². The fourth-order valence-electron chi connectivity index (χ4n) is 11.4. The number of ether oxygens (including phenoxy) is 3. The Labute approximate surface area is 506 Å². The standard InChI is InChI=1S/C75H142O6/c1-4-7-10-13-16-19-22-24-26-28-30-32-34-36-37-39-40-42-44-46-48-50-53-56-59-62-65-68-74(77)80-71-72(70-79-73(76)67-64-61-58-55-52-21-18-15-12-9-6-3)81-75(78)69-66-63-60-57-54-51-49-47-45-43-41-38-35-33-31-29-27-25-23-20-17-14-11-8-5-2/h22,24,28,30,72H,4-21,23,25-27,29,31-71H2,1-3H3/b24-22-,30-28-. The van der Waals surface area contributed by atoms with E-state index in [-0.39, 0.29) is 31.1 Å². The van der Waals surface area contributed by atoms with Crippen molar-refractivity contribution in [3.63, 3.8) is 0 Å². The summed E-state index contributed by atoms with van der Waals surface area (Å²) in [5.41, 5.74) is 0. The van der Waals surface area contributed by atoms with Crippen molar-refractivity contribution in [3.8, 4) is 0 Å². The second-order valence-electron chi connectivity index (χ2n) is 25.2. The monoisotopic (exact) mass is 1140 g/mol. The number of carbonyl (C=O) groups excluding carboxylic acids is 3. The Morgan fingerprint density at radius 1 is 0.247 bits per heavy atom. The SMILES string of the molecule is CCCCCCC/C=C\C/C=C\CCCCCCCCCCCCCCCCCC(=O)OCC(COC(=O)CCCCCCCCCCCCC)OC(=O)CCCCCCCCCCCCCCCCCCCCCCCCCCC. The quantitative estimate of drug-likeness (QED) is 0.0261. The molecular formula is C75H142O6. The highest BCUT2D eigenvalue weighted by molar-refractivity contribution is 5.71. The van der Waals surface area contributed by atoms with Crippen LogP contribution in [0.1, 0.15) is 419 Å². The number of allylic oxidation sites excluding steroid dienone is 4. The smallest absolute Gasteiger partial charge is 0.306 e. The molecule has 1 atom stereocenters. The van der Waals surface area contributed by atoms with Crippen molar-refractivity contribution in [1.82, 2.24) is 0 Å². The molecule has 0 radical (unpaired) electrons. The van der Waals surface area contributed by atoms with Gasteiger partial charge >= 0.3 is 17.9 Å².